The lowest BCUT2D eigenvalue weighted by Gasteiger charge is -2.26. The Balaban J connectivity index is 1.85. The number of carbonyl (C=O) groups excluding carboxylic acids is 1. The van der Waals surface area contributed by atoms with Gasteiger partial charge in [0.1, 0.15) is 0 Å². The van der Waals surface area contributed by atoms with Gasteiger partial charge in [0.15, 0.2) is 18.2 Å². The van der Waals surface area contributed by atoms with Gasteiger partial charge in [0, 0.05) is 24.6 Å². The molecule has 1 amide bonds. The molecule has 0 saturated carbocycles. The number of ether oxygens (including phenoxy) is 1. The van der Waals surface area contributed by atoms with Gasteiger partial charge in [0.05, 0.1) is 0 Å². The second kappa shape index (κ2) is 5.91. The van der Waals surface area contributed by atoms with Crippen LogP contribution < -0.4 is 4.74 Å². The van der Waals surface area contributed by atoms with E-state index in [-0.39, 0.29) is 18.3 Å². The van der Waals surface area contributed by atoms with E-state index in [0.29, 0.717) is 0 Å². The molecule has 1 aliphatic heterocycles. The van der Waals surface area contributed by atoms with Gasteiger partial charge in [-0.2, -0.15) is 11.8 Å². The van der Waals surface area contributed by atoms with E-state index in [1.807, 2.05) is 11.8 Å². The van der Waals surface area contributed by atoms with Crippen LogP contribution in [0.2, 0.25) is 0 Å². The number of hydrogen-bond acceptors (Lipinski definition) is 3. The molecule has 0 bridgehead atoms. The Morgan fingerprint density at radius 2 is 2.06 bits per heavy atom. The number of benzene rings is 1. The topological polar surface area (TPSA) is 29.5 Å². The molecule has 1 aliphatic rings. The first kappa shape index (κ1) is 12.2. The van der Waals surface area contributed by atoms with Crippen LogP contribution in [0.1, 0.15) is 0 Å². The Kier molecular flexibility index (Phi) is 4.25. The lowest BCUT2D eigenvalue weighted by atomic mass is 10.3. The first-order valence-corrected chi connectivity index (χ1v) is 6.65. The maximum absolute atomic E-state index is 13.2. The van der Waals surface area contributed by atoms with Gasteiger partial charge in [-0.15, -0.1) is 0 Å². The van der Waals surface area contributed by atoms with Crippen LogP contribution >= 0.6 is 11.8 Å². The van der Waals surface area contributed by atoms with Crippen molar-refractivity contribution in [1.29, 1.82) is 0 Å². The molecular formula is C12H14FNO2S. The van der Waals surface area contributed by atoms with Crippen LogP contribution in [-0.4, -0.2) is 42.0 Å². The number of carbonyl (C=O) groups is 1. The maximum atomic E-state index is 13.2. The van der Waals surface area contributed by atoms with E-state index in [1.165, 1.54) is 12.1 Å². The zero-order valence-corrected chi connectivity index (χ0v) is 10.2. The molecule has 17 heavy (non-hydrogen) atoms. The highest BCUT2D eigenvalue weighted by molar-refractivity contribution is 7.99. The van der Waals surface area contributed by atoms with Gasteiger partial charge in [0.2, 0.25) is 0 Å². The summed E-state index contributed by atoms with van der Waals surface area (Å²) in [6.45, 7) is 1.42. The highest BCUT2D eigenvalue weighted by Gasteiger charge is 2.17. The molecule has 1 aromatic rings. The van der Waals surface area contributed by atoms with Crippen molar-refractivity contribution in [3.63, 3.8) is 0 Å². The smallest absolute Gasteiger partial charge is 0.260 e. The van der Waals surface area contributed by atoms with Crippen molar-refractivity contribution < 1.29 is 13.9 Å². The molecule has 0 aliphatic carbocycles. The summed E-state index contributed by atoms with van der Waals surface area (Å²) in [5.74, 6) is 1.55. The normalized spacial score (nSPS) is 15.7. The minimum absolute atomic E-state index is 0.0754. The SMILES string of the molecule is O=C(COc1ccccc1F)N1CCSCC1. The van der Waals surface area contributed by atoms with Gasteiger partial charge in [-0.25, -0.2) is 4.39 Å². The fourth-order valence-electron chi connectivity index (χ4n) is 1.61. The highest BCUT2D eigenvalue weighted by atomic mass is 32.2. The number of amides is 1. The van der Waals surface area contributed by atoms with E-state index in [4.69, 9.17) is 4.74 Å². The molecule has 92 valence electrons. The molecule has 1 heterocycles. The summed E-state index contributed by atoms with van der Waals surface area (Å²) in [7, 11) is 0. The summed E-state index contributed by atoms with van der Waals surface area (Å²) in [6, 6.07) is 6.11. The lowest BCUT2D eigenvalue weighted by Crippen LogP contribution is -2.40. The zero-order valence-electron chi connectivity index (χ0n) is 9.39. The fraction of sp³-hybridized carbons (Fsp3) is 0.417. The molecule has 0 spiro atoms. The number of rotatable bonds is 3. The van der Waals surface area contributed by atoms with Crippen molar-refractivity contribution >= 4 is 17.7 Å². The minimum Gasteiger partial charge on any atom is -0.481 e. The van der Waals surface area contributed by atoms with Crippen molar-refractivity contribution in [2.24, 2.45) is 0 Å². The van der Waals surface area contributed by atoms with E-state index >= 15 is 0 Å². The Hall–Kier alpha value is -1.23. The summed E-state index contributed by atoms with van der Waals surface area (Å²) >= 11 is 1.84. The molecule has 1 fully saturated rings. The summed E-state index contributed by atoms with van der Waals surface area (Å²) in [5, 5.41) is 0. The van der Waals surface area contributed by atoms with Gasteiger partial charge in [-0.05, 0) is 12.1 Å². The van der Waals surface area contributed by atoms with Gasteiger partial charge < -0.3 is 9.64 Å². The minimum atomic E-state index is -0.436. The van der Waals surface area contributed by atoms with Crippen LogP contribution in [0.4, 0.5) is 4.39 Å². The quantitative estimate of drug-likeness (QED) is 0.824. The largest absolute Gasteiger partial charge is 0.481 e. The standard InChI is InChI=1S/C12H14FNO2S/c13-10-3-1-2-4-11(10)16-9-12(15)14-5-7-17-8-6-14/h1-4H,5-9H2. The summed E-state index contributed by atoms with van der Waals surface area (Å²) in [4.78, 5) is 13.5. The Morgan fingerprint density at radius 1 is 1.35 bits per heavy atom. The van der Waals surface area contributed by atoms with Crippen molar-refractivity contribution in [3.8, 4) is 5.75 Å². The number of thioether (sulfide) groups is 1. The monoisotopic (exact) mass is 255 g/mol. The molecule has 2 rings (SSSR count). The van der Waals surface area contributed by atoms with E-state index < -0.39 is 5.82 Å². The number of para-hydroxylation sites is 1. The second-order valence-corrected chi connectivity index (χ2v) is 4.94. The molecule has 0 unspecified atom stereocenters. The van der Waals surface area contributed by atoms with Crippen molar-refractivity contribution in [1.82, 2.24) is 4.90 Å². The Bertz CT molecular complexity index is 394. The van der Waals surface area contributed by atoms with Crippen LogP contribution in [0.5, 0.6) is 5.75 Å². The molecule has 0 atom stereocenters. The third-order valence-electron chi connectivity index (χ3n) is 2.55. The lowest BCUT2D eigenvalue weighted by molar-refractivity contribution is -0.133. The van der Waals surface area contributed by atoms with Gasteiger partial charge in [0.25, 0.3) is 5.91 Å². The Morgan fingerprint density at radius 3 is 2.76 bits per heavy atom. The van der Waals surface area contributed by atoms with Crippen molar-refractivity contribution in [2.45, 2.75) is 0 Å². The van der Waals surface area contributed by atoms with Crippen LogP contribution in [-0.2, 0) is 4.79 Å². The molecule has 1 aromatic carbocycles. The fourth-order valence-corrected chi connectivity index (χ4v) is 2.51. The van der Waals surface area contributed by atoms with E-state index in [2.05, 4.69) is 0 Å². The van der Waals surface area contributed by atoms with Crippen molar-refractivity contribution in [2.75, 3.05) is 31.2 Å². The van der Waals surface area contributed by atoms with Crippen LogP contribution in [0, 0.1) is 5.82 Å². The molecule has 3 nitrogen and oxygen atoms in total. The number of hydrogen-bond donors (Lipinski definition) is 0. The number of nitrogens with zero attached hydrogens (tertiary/aromatic N) is 1. The van der Waals surface area contributed by atoms with E-state index in [0.717, 1.165) is 24.6 Å². The predicted octanol–water partition coefficient (Wildman–Crippen LogP) is 1.78. The van der Waals surface area contributed by atoms with Gasteiger partial charge in [-0.3, -0.25) is 4.79 Å². The van der Waals surface area contributed by atoms with Crippen LogP contribution in [0.25, 0.3) is 0 Å². The maximum Gasteiger partial charge on any atom is 0.260 e. The van der Waals surface area contributed by atoms with Crippen molar-refractivity contribution in [3.05, 3.63) is 30.1 Å². The van der Waals surface area contributed by atoms with Gasteiger partial charge >= 0.3 is 0 Å². The van der Waals surface area contributed by atoms with Crippen LogP contribution in [0.15, 0.2) is 24.3 Å². The molecule has 1 saturated heterocycles. The third kappa shape index (κ3) is 3.36. The second-order valence-electron chi connectivity index (χ2n) is 3.71. The van der Waals surface area contributed by atoms with E-state index in [9.17, 15) is 9.18 Å². The predicted molar refractivity (Wildman–Crippen MR) is 65.8 cm³/mol. The first-order chi connectivity index (χ1) is 8.27. The average molecular weight is 255 g/mol. The van der Waals surface area contributed by atoms with Gasteiger partial charge in [-0.1, -0.05) is 12.1 Å². The molecule has 0 N–H and O–H groups in total. The van der Waals surface area contributed by atoms with Crippen LogP contribution in [0.3, 0.4) is 0 Å². The highest BCUT2D eigenvalue weighted by Crippen LogP contribution is 2.16. The Labute approximate surface area is 104 Å². The number of halogens is 1. The molecule has 5 heteroatoms. The zero-order chi connectivity index (χ0) is 12.1. The first-order valence-electron chi connectivity index (χ1n) is 5.50. The molecule has 0 radical (unpaired) electrons. The third-order valence-corrected chi connectivity index (χ3v) is 3.49. The molecular weight excluding hydrogens is 241 g/mol. The molecule has 0 aromatic heterocycles. The summed E-state index contributed by atoms with van der Waals surface area (Å²) in [6.07, 6.45) is 0. The van der Waals surface area contributed by atoms with E-state index in [1.54, 1.807) is 17.0 Å². The summed E-state index contributed by atoms with van der Waals surface area (Å²) < 4.78 is 18.4. The summed E-state index contributed by atoms with van der Waals surface area (Å²) in [5.41, 5.74) is 0. The average Bonchev–Trinajstić information content (AvgIpc) is 2.38.